The Morgan fingerprint density at radius 3 is 2.90 bits per heavy atom. The first kappa shape index (κ1) is 14.1. The lowest BCUT2D eigenvalue weighted by molar-refractivity contribution is -0.385. The van der Waals surface area contributed by atoms with Crippen LogP contribution in [0.4, 0.5) is 10.1 Å². The minimum Gasteiger partial charge on any atom is -0.306 e. The average molecular weight is 275 g/mol. The van der Waals surface area contributed by atoms with Crippen LogP contribution in [0.15, 0.2) is 42.7 Å². The molecule has 0 radical (unpaired) electrons. The number of nitro groups is 1. The smallest absolute Gasteiger partial charge is 0.272 e. The van der Waals surface area contributed by atoms with E-state index in [0.29, 0.717) is 12.1 Å². The van der Waals surface area contributed by atoms with E-state index < -0.39 is 10.7 Å². The summed E-state index contributed by atoms with van der Waals surface area (Å²) in [6, 6.07) is 7.35. The van der Waals surface area contributed by atoms with Gasteiger partial charge in [0, 0.05) is 31.0 Å². The summed E-state index contributed by atoms with van der Waals surface area (Å²) in [6.07, 6.45) is 3.43. The number of halogens is 1. The van der Waals surface area contributed by atoms with Crippen molar-refractivity contribution in [3.63, 3.8) is 0 Å². The fraction of sp³-hybridized carbons (Fsp3) is 0.214. The summed E-state index contributed by atoms with van der Waals surface area (Å²) in [5.74, 6) is -0.606. The average Bonchev–Trinajstić information content (AvgIpc) is 2.45. The molecule has 0 saturated heterocycles. The first-order chi connectivity index (χ1) is 9.56. The van der Waals surface area contributed by atoms with Gasteiger partial charge in [-0.1, -0.05) is 6.07 Å². The third-order valence-electron chi connectivity index (χ3n) is 2.95. The zero-order valence-corrected chi connectivity index (χ0v) is 10.9. The molecule has 0 saturated carbocycles. The van der Waals surface area contributed by atoms with Gasteiger partial charge in [0.1, 0.15) is 5.82 Å². The molecular formula is C14H14FN3O2. The van der Waals surface area contributed by atoms with Gasteiger partial charge in [0.15, 0.2) is 0 Å². The fourth-order valence-corrected chi connectivity index (χ4v) is 1.86. The molecule has 0 spiro atoms. The van der Waals surface area contributed by atoms with Crippen LogP contribution in [0.1, 0.15) is 24.1 Å². The summed E-state index contributed by atoms with van der Waals surface area (Å²) in [6.45, 7) is 2.29. The van der Waals surface area contributed by atoms with E-state index in [9.17, 15) is 14.5 Å². The predicted octanol–water partition coefficient (Wildman–Crippen LogP) is 2.98. The lowest BCUT2D eigenvalue weighted by Gasteiger charge is -2.13. The van der Waals surface area contributed by atoms with Crippen molar-refractivity contribution in [3.05, 3.63) is 69.8 Å². The molecule has 20 heavy (non-hydrogen) atoms. The Morgan fingerprint density at radius 2 is 2.25 bits per heavy atom. The molecule has 2 aromatic rings. The van der Waals surface area contributed by atoms with Gasteiger partial charge >= 0.3 is 0 Å². The first-order valence-electron chi connectivity index (χ1n) is 6.13. The summed E-state index contributed by atoms with van der Waals surface area (Å²) in [5, 5.41) is 13.9. The van der Waals surface area contributed by atoms with E-state index in [1.807, 2.05) is 19.1 Å². The minimum absolute atomic E-state index is 0.0195. The molecule has 0 aliphatic carbocycles. The van der Waals surface area contributed by atoms with E-state index in [1.165, 1.54) is 12.1 Å². The van der Waals surface area contributed by atoms with E-state index in [1.54, 1.807) is 12.4 Å². The standard InChI is InChI=1S/C14H14FN3O2/c1-10(12-3-2-4-16-9-12)17-8-11-5-13(15)7-14(6-11)18(19)20/h2-7,9-10,17H,8H2,1H3/t10-/m0/s1. The maximum atomic E-state index is 13.3. The summed E-state index contributed by atoms with van der Waals surface area (Å²) in [4.78, 5) is 14.1. The molecule has 0 aliphatic heterocycles. The molecular weight excluding hydrogens is 261 g/mol. The third-order valence-corrected chi connectivity index (χ3v) is 2.95. The highest BCUT2D eigenvalue weighted by Crippen LogP contribution is 2.17. The topological polar surface area (TPSA) is 68.1 Å². The number of nitrogens with zero attached hydrogens (tertiary/aromatic N) is 2. The van der Waals surface area contributed by atoms with Crippen LogP contribution in [-0.2, 0) is 6.54 Å². The van der Waals surface area contributed by atoms with Crippen molar-refractivity contribution in [3.8, 4) is 0 Å². The lowest BCUT2D eigenvalue weighted by atomic mass is 10.1. The molecule has 0 amide bonds. The number of nitrogens with one attached hydrogen (secondary N) is 1. The van der Waals surface area contributed by atoms with Crippen molar-refractivity contribution in [1.82, 2.24) is 10.3 Å². The van der Waals surface area contributed by atoms with Crippen LogP contribution in [0.2, 0.25) is 0 Å². The van der Waals surface area contributed by atoms with Gasteiger partial charge in [-0.15, -0.1) is 0 Å². The molecule has 1 atom stereocenters. The minimum atomic E-state index is -0.606. The zero-order valence-electron chi connectivity index (χ0n) is 10.9. The molecule has 1 aromatic carbocycles. The summed E-state index contributed by atoms with van der Waals surface area (Å²) >= 11 is 0. The quantitative estimate of drug-likeness (QED) is 0.672. The molecule has 0 bridgehead atoms. The SMILES string of the molecule is C[C@H](NCc1cc(F)cc([N+](=O)[O-])c1)c1cccnc1. The third kappa shape index (κ3) is 3.58. The van der Waals surface area contributed by atoms with E-state index in [-0.39, 0.29) is 11.7 Å². The van der Waals surface area contributed by atoms with Crippen molar-refractivity contribution >= 4 is 5.69 Å². The number of nitro benzene ring substituents is 1. The fourth-order valence-electron chi connectivity index (χ4n) is 1.86. The molecule has 1 N–H and O–H groups in total. The Bertz CT molecular complexity index is 605. The number of hydrogen-bond acceptors (Lipinski definition) is 4. The highest BCUT2D eigenvalue weighted by Gasteiger charge is 2.11. The van der Waals surface area contributed by atoms with Gasteiger partial charge in [0.2, 0.25) is 0 Å². The van der Waals surface area contributed by atoms with Crippen LogP contribution in [0, 0.1) is 15.9 Å². The second-order valence-electron chi connectivity index (χ2n) is 4.46. The molecule has 1 heterocycles. The van der Waals surface area contributed by atoms with Crippen LogP contribution in [0.3, 0.4) is 0 Å². The van der Waals surface area contributed by atoms with Crippen molar-refractivity contribution < 1.29 is 9.31 Å². The second-order valence-corrected chi connectivity index (χ2v) is 4.46. The highest BCUT2D eigenvalue weighted by molar-refractivity contribution is 5.35. The van der Waals surface area contributed by atoms with Gasteiger partial charge in [0.25, 0.3) is 5.69 Å². The number of hydrogen-bond donors (Lipinski definition) is 1. The van der Waals surface area contributed by atoms with Crippen molar-refractivity contribution in [2.45, 2.75) is 19.5 Å². The van der Waals surface area contributed by atoms with E-state index in [4.69, 9.17) is 0 Å². The number of pyridine rings is 1. The Morgan fingerprint density at radius 1 is 1.45 bits per heavy atom. The molecule has 104 valence electrons. The second kappa shape index (κ2) is 6.21. The molecule has 0 fully saturated rings. The Hall–Kier alpha value is -2.34. The number of aromatic nitrogens is 1. The predicted molar refractivity (Wildman–Crippen MR) is 72.5 cm³/mol. The highest BCUT2D eigenvalue weighted by atomic mass is 19.1. The summed E-state index contributed by atoms with van der Waals surface area (Å²) < 4.78 is 13.3. The van der Waals surface area contributed by atoms with Crippen LogP contribution >= 0.6 is 0 Å². The maximum absolute atomic E-state index is 13.3. The number of rotatable bonds is 5. The van der Waals surface area contributed by atoms with Crippen LogP contribution < -0.4 is 5.32 Å². The zero-order chi connectivity index (χ0) is 14.5. The molecule has 2 rings (SSSR count). The van der Waals surface area contributed by atoms with Gasteiger partial charge < -0.3 is 5.32 Å². The lowest BCUT2D eigenvalue weighted by Crippen LogP contribution is -2.18. The molecule has 1 aromatic heterocycles. The molecule has 0 aliphatic rings. The van der Waals surface area contributed by atoms with Crippen molar-refractivity contribution in [1.29, 1.82) is 0 Å². The van der Waals surface area contributed by atoms with Crippen LogP contribution in [0.5, 0.6) is 0 Å². The van der Waals surface area contributed by atoms with Gasteiger partial charge in [-0.05, 0) is 30.2 Å². The van der Waals surface area contributed by atoms with Crippen molar-refractivity contribution in [2.24, 2.45) is 0 Å². The summed E-state index contributed by atoms with van der Waals surface area (Å²) in [5.41, 5.74) is 1.29. The Balaban J connectivity index is 2.06. The van der Waals surface area contributed by atoms with E-state index in [0.717, 1.165) is 11.6 Å². The Kier molecular flexibility index (Phi) is 4.37. The van der Waals surface area contributed by atoms with Crippen molar-refractivity contribution in [2.75, 3.05) is 0 Å². The monoisotopic (exact) mass is 275 g/mol. The Labute approximate surface area is 115 Å². The van der Waals surface area contributed by atoms with Gasteiger partial charge in [-0.2, -0.15) is 0 Å². The molecule has 0 unspecified atom stereocenters. The van der Waals surface area contributed by atoms with Gasteiger partial charge in [-0.3, -0.25) is 15.1 Å². The first-order valence-corrected chi connectivity index (χ1v) is 6.13. The number of non-ortho nitro benzene ring substituents is 1. The number of benzene rings is 1. The van der Waals surface area contributed by atoms with Gasteiger partial charge in [-0.25, -0.2) is 4.39 Å². The largest absolute Gasteiger partial charge is 0.306 e. The van der Waals surface area contributed by atoms with Crippen LogP contribution in [0.25, 0.3) is 0 Å². The van der Waals surface area contributed by atoms with Gasteiger partial charge in [0.05, 0.1) is 11.0 Å². The normalized spacial score (nSPS) is 12.1. The van der Waals surface area contributed by atoms with E-state index >= 15 is 0 Å². The molecule has 6 heteroatoms. The summed E-state index contributed by atoms with van der Waals surface area (Å²) in [7, 11) is 0. The van der Waals surface area contributed by atoms with Crippen LogP contribution in [-0.4, -0.2) is 9.91 Å². The van der Waals surface area contributed by atoms with E-state index in [2.05, 4.69) is 10.3 Å². The maximum Gasteiger partial charge on any atom is 0.272 e. The molecule has 5 nitrogen and oxygen atoms in total.